The van der Waals surface area contributed by atoms with Gasteiger partial charge in [-0.05, 0) is 24.3 Å². The molecule has 0 fully saturated rings. The van der Waals surface area contributed by atoms with Gasteiger partial charge in [-0.25, -0.2) is 13.2 Å². The second-order valence-electron chi connectivity index (χ2n) is 5.16. The fourth-order valence-corrected chi connectivity index (χ4v) is 2.42. The number of guanidine groups is 1. The summed E-state index contributed by atoms with van der Waals surface area (Å²) in [5, 5.41) is 0.219. The van der Waals surface area contributed by atoms with E-state index in [2.05, 4.69) is 9.98 Å². The first-order chi connectivity index (χ1) is 11.9. The third kappa shape index (κ3) is 3.01. The van der Waals surface area contributed by atoms with Crippen molar-refractivity contribution in [1.29, 1.82) is 0 Å². The topological polar surface area (TPSA) is 94.4 Å². The summed E-state index contributed by atoms with van der Waals surface area (Å²) in [5.41, 5.74) is 10.2. The van der Waals surface area contributed by atoms with Crippen molar-refractivity contribution in [3.05, 3.63) is 65.6 Å². The van der Waals surface area contributed by atoms with Crippen molar-refractivity contribution < 1.29 is 18.0 Å². The van der Waals surface area contributed by atoms with Crippen molar-refractivity contribution in [1.82, 2.24) is 4.98 Å². The lowest BCUT2D eigenvalue weighted by Crippen LogP contribution is -2.24. The van der Waals surface area contributed by atoms with Crippen LogP contribution in [0.3, 0.4) is 0 Å². The van der Waals surface area contributed by atoms with Gasteiger partial charge < -0.3 is 11.5 Å². The number of halogens is 3. The Balaban J connectivity index is 2.29. The van der Waals surface area contributed by atoms with Gasteiger partial charge in [-0.3, -0.25) is 9.78 Å². The molecule has 0 radical (unpaired) electrons. The number of pyridine rings is 1. The minimum Gasteiger partial charge on any atom is -0.370 e. The molecule has 0 atom stereocenters. The predicted molar refractivity (Wildman–Crippen MR) is 87.2 cm³/mol. The highest BCUT2D eigenvalue weighted by Crippen LogP contribution is 2.31. The summed E-state index contributed by atoms with van der Waals surface area (Å²) < 4.78 is 41.7. The maximum absolute atomic E-state index is 14.1. The Morgan fingerprint density at radius 3 is 2.48 bits per heavy atom. The van der Waals surface area contributed by atoms with Crippen LogP contribution in [0.15, 0.2) is 47.6 Å². The summed E-state index contributed by atoms with van der Waals surface area (Å²) in [7, 11) is 0. The van der Waals surface area contributed by atoms with Crippen LogP contribution in [0.2, 0.25) is 0 Å². The molecule has 1 heterocycles. The van der Waals surface area contributed by atoms with Gasteiger partial charge in [0.25, 0.3) is 5.91 Å². The van der Waals surface area contributed by atoms with Crippen LogP contribution in [0.1, 0.15) is 10.4 Å². The average molecular weight is 344 g/mol. The molecule has 1 amide bonds. The lowest BCUT2D eigenvalue weighted by Gasteiger charge is -2.09. The molecule has 25 heavy (non-hydrogen) atoms. The lowest BCUT2D eigenvalue weighted by atomic mass is 10.0. The smallest absolute Gasteiger partial charge is 0.280 e. The molecule has 3 aromatic rings. The fourth-order valence-electron chi connectivity index (χ4n) is 2.42. The summed E-state index contributed by atoms with van der Waals surface area (Å²) in [6, 6.07) is 7.49. The molecule has 8 heteroatoms. The van der Waals surface area contributed by atoms with E-state index in [0.717, 1.165) is 12.3 Å². The molecule has 126 valence electrons. The second kappa shape index (κ2) is 6.23. The zero-order valence-corrected chi connectivity index (χ0v) is 12.6. The predicted octanol–water partition coefficient (Wildman–Crippen LogP) is 2.73. The van der Waals surface area contributed by atoms with Crippen LogP contribution >= 0.6 is 0 Å². The number of rotatable bonds is 2. The molecule has 0 unspecified atom stereocenters. The number of hydrogen-bond donors (Lipinski definition) is 2. The Kier molecular flexibility index (Phi) is 4.10. The largest absolute Gasteiger partial charge is 0.370 e. The summed E-state index contributed by atoms with van der Waals surface area (Å²) in [6.45, 7) is 0. The number of carbonyl (C=O) groups excluding carboxylic acids is 1. The van der Waals surface area contributed by atoms with E-state index in [1.165, 1.54) is 30.3 Å². The van der Waals surface area contributed by atoms with E-state index in [-0.39, 0.29) is 27.6 Å². The Morgan fingerprint density at radius 2 is 1.76 bits per heavy atom. The van der Waals surface area contributed by atoms with Crippen molar-refractivity contribution in [2.24, 2.45) is 16.5 Å². The minimum absolute atomic E-state index is 0.00671. The van der Waals surface area contributed by atoms with Crippen molar-refractivity contribution in [2.45, 2.75) is 0 Å². The van der Waals surface area contributed by atoms with Gasteiger partial charge in [0.2, 0.25) is 0 Å². The van der Waals surface area contributed by atoms with E-state index in [0.29, 0.717) is 0 Å². The Hall–Kier alpha value is -3.42. The van der Waals surface area contributed by atoms with E-state index in [1.807, 2.05) is 0 Å². The first-order valence-electron chi connectivity index (χ1n) is 7.05. The van der Waals surface area contributed by atoms with Crippen LogP contribution in [0.25, 0.3) is 22.0 Å². The molecule has 1 aromatic heterocycles. The number of carbonyl (C=O) groups is 1. The fraction of sp³-hybridized carbons (Fsp3) is 0. The molecule has 0 aliphatic carbocycles. The monoisotopic (exact) mass is 344 g/mol. The average Bonchev–Trinajstić information content (AvgIpc) is 2.57. The molecule has 0 bridgehead atoms. The molecule has 3 rings (SSSR count). The third-order valence-corrected chi connectivity index (χ3v) is 3.52. The molecule has 0 saturated heterocycles. The number of nitrogens with zero attached hydrogens (tertiary/aromatic N) is 2. The Morgan fingerprint density at radius 1 is 1.00 bits per heavy atom. The minimum atomic E-state index is -1.12. The molecule has 0 aliphatic heterocycles. The first-order valence-corrected chi connectivity index (χ1v) is 7.05. The number of aliphatic imine (C=N–C) groups is 1. The van der Waals surface area contributed by atoms with E-state index < -0.39 is 29.3 Å². The van der Waals surface area contributed by atoms with Crippen LogP contribution in [0, 0.1) is 17.5 Å². The van der Waals surface area contributed by atoms with Gasteiger partial charge in [0.15, 0.2) is 17.6 Å². The van der Waals surface area contributed by atoms with E-state index in [1.54, 1.807) is 0 Å². The first kappa shape index (κ1) is 16.4. The maximum atomic E-state index is 14.1. The number of hydrogen-bond acceptors (Lipinski definition) is 2. The summed E-state index contributed by atoms with van der Waals surface area (Å²) >= 11 is 0. The van der Waals surface area contributed by atoms with E-state index in [4.69, 9.17) is 11.5 Å². The number of nitrogens with two attached hydrogens (primary N) is 2. The molecule has 0 saturated carbocycles. The molecule has 5 nitrogen and oxygen atoms in total. The summed E-state index contributed by atoms with van der Waals surface area (Å²) in [6.07, 6.45) is 0.902. The second-order valence-corrected chi connectivity index (χ2v) is 5.16. The van der Waals surface area contributed by atoms with Gasteiger partial charge in [-0.2, -0.15) is 4.99 Å². The zero-order valence-electron chi connectivity index (χ0n) is 12.6. The molecular formula is C17H11F3N4O. The van der Waals surface area contributed by atoms with Crippen LogP contribution in [0.4, 0.5) is 13.2 Å². The molecule has 0 spiro atoms. The molecule has 0 aliphatic rings. The highest BCUT2D eigenvalue weighted by molar-refractivity contribution is 6.06. The zero-order chi connectivity index (χ0) is 18.1. The van der Waals surface area contributed by atoms with Crippen molar-refractivity contribution in [2.75, 3.05) is 0 Å². The Bertz CT molecular complexity index is 1030. The summed E-state index contributed by atoms with van der Waals surface area (Å²) in [5.74, 6) is -4.04. The normalized spacial score (nSPS) is 10.7. The van der Waals surface area contributed by atoms with Crippen LogP contribution < -0.4 is 11.5 Å². The van der Waals surface area contributed by atoms with Gasteiger partial charge in [0.1, 0.15) is 5.82 Å². The van der Waals surface area contributed by atoms with Crippen LogP contribution in [0.5, 0.6) is 0 Å². The van der Waals surface area contributed by atoms with E-state index in [9.17, 15) is 18.0 Å². The van der Waals surface area contributed by atoms with Crippen LogP contribution in [-0.2, 0) is 0 Å². The highest BCUT2D eigenvalue weighted by Gasteiger charge is 2.17. The van der Waals surface area contributed by atoms with Gasteiger partial charge in [0.05, 0.1) is 11.9 Å². The number of amides is 1. The Labute approximate surface area is 139 Å². The van der Waals surface area contributed by atoms with Crippen LogP contribution in [-0.4, -0.2) is 16.9 Å². The van der Waals surface area contributed by atoms with Crippen molar-refractivity contribution >= 4 is 22.6 Å². The highest BCUT2D eigenvalue weighted by atomic mass is 19.2. The molecule has 4 N–H and O–H groups in total. The van der Waals surface area contributed by atoms with Crippen molar-refractivity contribution in [3.63, 3.8) is 0 Å². The van der Waals surface area contributed by atoms with Gasteiger partial charge in [-0.1, -0.05) is 12.1 Å². The van der Waals surface area contributed by atoms with Crippen molar-refractivity contribution in [3.8, 4) is 11.3 Å². The van der Waals surface area contributed by atoms with Gasteiger partial charge in [-0.15, -0.1) is 0 Å². The number of benzene rings is 2. The summed E-state index contributed by atoms with van der Waals surface area (Å²) in [4.78, 5) is 19.2. The molecule has 2 aromatic carbocycles. The quantitative estimate of drug-likeness (QED) is 0.552. The van der Waals surface area contributed by atoms with E-state index >= 15 is 0 Å². The lowest BCUT2D eigenvalue weighted by molar-refractivity contribution is 0.100. The van der Waals surface area contributed by atoms with Gasteiger partial charge >= 0.3 is 0 Å². The standard InChI is InChI=1S/C17H11F3N4O/c18-12-3-1-2-10(14(12)20)15-11-6-8(16(25)24-17(21)22)4-5-9(11)13(19)7-23-15/h1-7H,(H4,21,22,24,25). The number of aromatic nitrogens is 1. The van der Waals surface area contributed by atoms with Gasteiger partial charge in [0, 0.05) is 21.9 Å². The number of fused-ring (bicyclic) bond motifs is 1. The molecular weight excluding hydrogens is 333 g/mol. The maximum Gasteiger partial charge on any atom is 0.280 e. The SMILES string of the molecule is NC(N)=NC(=O)c1ccc2c(F)cnc(-c3cccc(F)c3F)c2c1. The third-order valence-electron chi connectivity index (χ3n) is 3.52.